The van der Waals surface area contributed by atoms with Crippen molar-refractivity contribution >= 4 is 5.91 Å². The van der Waals surface area contributed by atoms with Crippen molar-refractivity contribution in [3.05, 3.63) is 48.6 Å². The number of amides is 1. The molecule has 0 aliphatic heterocycles. The molecule has 0 saturated carbocycles. The zero-order valence-corrected chi connectivity index (χ0v) is 23.1. The van der Waals surface area contributed by atoms with Crippen LogP contribution in [0.2, 0.25) is 0 Å². The van der Waals surface area contributed by atoms with Crippen LogP contribution in [0.1, 0.15) is 117 Å². The van der Waals surface area contributed by atoms with Gasteiger partial charge in [-0.2, -0.15) is 0 Å². The number of hydrogen-bond acceptors (Lipinski definition) is 4. The van der Waals surface area contributed by atoms with Gasteiger partial charge < -0.3 is 20.6 Å². The van der Waals surface area contributed by atoms with Crippen molar-refractivity contribution in [2.75, 3.05) is 6.61 Å². The number of carbonyl (C=O) groups excluding carboxylic acids is 1. The van der Waals surface area contributed by atoms with E-state index in [9.17, 15) is 20.1 Å². The average molecular weight is 506 g/mol. The Morgan fingerprint density at radius 1 is 0.694 bits per heavy atom. The summed E-state index contributed by atoms with van der Waals surface area (Å²) in [7, 11) is 0. The van der Waals surface area contributed by atoms with Gasteiger partial charge in [-0.15, -0.1) is 0 Å². The zero-order valence-electron chi connectivity index (χ0n) is 23.1. The first-order valence-electron chi connectivity index (χ1n) is 14.4. The Morgan fingerprint density at radius 3 is 1.72 bits per heavy atom. The van der Waals surface area contributed by atoms with Gasteiger partial charge in [0, 0.05) is 0 Å². The molecule has 0 aliphatic rings. The van der Waals surface area contributed by atoms with E-state index in [1.807, 2.05) is 12.2 Å². The lowest BCUT2D eigenvalue weighted by Gasteiger charge is -2.20. The molecule has 0 spiro atoms. The van der Waals surface area contributed by atoms with Gasteiger partial charge >= 0.3 is 0 Å². The van der Waals surface area contributed by atoms with E-state index in [2.05, 4.69) is 49.5 Å². The monoisotopic (exact) mass is 505 g/mol. The van der Waals surface area contributed by atoms with Crippen molar-refractivity contribution in [3.63, 3.8) is 0 Å². The van der Waals surface area contributed by atoms with E-state index >= 15 is 0 Å². The minimum absolute atomic E-state index is 0.0497. The maximum absolute atomic E-state index is 12.2. The lowest BCUT2D eigenvalue weighted by atomic mass is 10.1. The van der Waals surface area contributed by atoms with Crippen LogP contribution in [0.15, 0.2) is 48.6 Å². The van der Waals surface area contributed by atoms with Gasteiger partial charge in [0.05, 0.1) is 31.3 Å². The van der Waals surface area contributed by atoms with Gasteiger partial charge in [0.15, 0.2) is 0 Å². The fraction of sp³-hybridized carbons (Fsp3) is 0.710. The Balaban J connectivity index is 4.00. The van der Waals surface area contributed by atoms with Crippen LogP contribution in [0.3, 0.4) is 0 Å². The van der Waals surface area contributed by atoms with Crippen LogP contribution < -0.4 is 5.32 Å². The second-order valence-corrected chi connectivity index (χ2v) is 9.64. The van der Waals surface area contributed by atoms with Crippen LogP contribution in [0.25, 0.3) is 0 Å². The topological polar surface area (TPSA) is 89.8 Å². The number of hydrogen-bond donors (Lipinski definition) is 4. The molecule has 5 heteroatoms. The molecule has 0 fully saturated rings. The highest BCUT2D eigenvalue weighted by atomic mass is 16.3. The molecule has 0 radical (unpaired) electrons. The lowest BCUT2D eigenvalue weighted by molar-refractivity contribution is -0.124. The Bertz CT molecular complexity index is 612. The van der Waals surface area contributed by atoms with E-state index in [0.29, 0.717) is 6.42 Å². The fourth-order valence-electron chi connectivity index (χ4n) is 3.78. The number of aliphatic hydroxyl groups excluding tert-OH is 3. The van der Waals surface area contributed by atoms with Crippen LogP contribution >= 0.6 is 0 Å². The SMILES string of the molecule is CCCCCC/C=C\CC(O)CC(=O)NC(CO)C(O)/C=C/CC/C=C/CC/C=C/CCCCCC. The molecule has 5 nitrogen and oxygen atoms in total. The summed E-state index contributed by atoms with van der Waals surface area (Å²) >= 11 is 0. The van der Waals surface area contributed by atoms with Gasteiger partial charge in [-0.25, -0.2) is 0 Å². The standard InChI is InChI=1S/C31H55NO4/c1-3-5-7-9-11-12-13-14-15-16-17-19-21-23-25-30(35)29(27-33)32-31(36)26-28(34)24-22-20-18-10-8-6-4-2/h12-13,16-17,20,22-23,25,28-30,33-35H,3-11,14-15,18-19,21,24,26-27H2,1-2H3,(H,32,36)/b13-12+,17-16+,22-20-,25-23+. The normalized spacial score (nSPS) is 14.9. The molecular formula is C31H55NO4. The van der Waals surface area contributed by atoms with Crippen LogP contribution in [-0.2, 0) is 4.79 Å². The van der Waals surface area contributed by atoms with Crippen molar-refractivity contribution in [2.24, 2.45) is 0 Å². The first-order chi connectivity index (χ1) is 17.5. The highest BCUT2D eigenvalue weighted by Gasteiger charge is 2.19. The zero-order chi connectivity index (χ0) is 26.7. The van der Waals surface area contributed by atoms with Gasteiger partial charge in [-0.3, -0.25) is 4.79 Å². The number of rotatable bonds is 24. The number of unbranched alkanes of at least 4 members (excludes halogenated alkanes) is 10. The molecule has 0 saturated heterocycles. The van der Waals surface area contributed by atoms with E-state index in [-0.39, 0.29) is 18.9 Å². The molecule has 0 aromatic carbocycles. The molecule has 0 aromatic heterocycles. The minimum atomic E-state index is -0.967. The summed E-state index contributed by atoms with van der Waals surface area (Å²) in [5.74, 6) is -0.372. The highest BCUT2D eigenvalue weighted by Crippen LogP contribution is 2.07. The number of nitrogens with one attached hydrogen (secondary N) is 1. The van der Waals surface area contributed by atoms with Gasteiger partial charge in [0.25, 0.3) is 0 Å². The predicted octanol–water partition coefficient (Wildman–Crippen LogP) is 6.69. The molecule has 3 unspecified atom stereocenters. The van der Waals surface area contributed by atoms with Crippen molar-refractivity contribution in [3.8, 4) is 0 Å². The van der Waals surface area contributed by atoms with E-state index in [1.54, 1.807) is 6.08 Å². The number of allylic oxidation sites excluding steroid dienone is 6. The smallest absolute Gasteiger partial charge is 0.223 e. The quantitative estimate of drug-likeness (QED) is 0.0869. The minimum Gasteiger partial charge on any atom is -0.394 e. The molecule has 208 valence electrons. The van der Waals surface area contributed by atoms with E-state index < -0.39 is 18.2 Å². The van der Waals surface area contributed by atoms with E-state index in [1.165, 1.54) is 51.4 Å². The molecular weight excluding hydrogens is 450 g/mol. The maximum atomic E-state index is 12.2. The van der Waals surface area contributed by atoms with Crippen LogP contribution in [0.5, 0.6) is 0 Å². The summed E-state index contributed by atoms with van der Waals surface area (Å²) in [5, 5.41) is 32.5. The lowest BCUT2D eigenvalue weighted by Crippen LogP contribution is -2.45. The summed E-state index contributed by atoms with van der Waals surface area (Å²) in [4.78, 5) is 12.2. The van der Waals surface area contributed by atoms with E-state index in [0.717, 1.165) is 38.5 Å². The van der Waals surface area contributed by atoms with E-state index in [4.69, 9.17) is 0 Å². The summed E-state index contributed by atoms with van der Waals surface area (Å²) in [5.41, 5.74) is 0. The second-order valence-electron chi connectivity index (χ2n) is 9.64. The maximum Gasteiger partial charge on any atom is 0.223 e. The summed E-state index contributed by atoms with van der Waals surface area (Å²) in [6, 6.07) is -0.778. The highest BCUT2D eigenvalue weighted by molar-refractivity contribution is 5.76. The molecule has 0 aliphatic carbocycles. The summed E-state index contributed by atoms with van der Waals surface area (Å²) in [6.45, 7) is 4.05. The third kappa shape index (κ3) is 22.8. The first kappa shape index (κ1) is 34.3. The summed E-state index contributed by atoms with van der Waals surface area (Å²) in [6.07, 6.45) is 31.0. The number of aliphatic hydroxyl groups is 3. The molecule has 0 bridgehead atoms. The van der Waals surface area contributed by atoms with Crippen molar-refractivity contribution in [2.45, 2.75) is 135 Å². The molecule has 36 heavy (non-hydrogen) atoms. The van der Waals surface area contributed by atoms with Gasteiger partial charge in [0.1, 0.15) is 0 Å². The van der Waals surface area contributed by atoms with Crippen molar-refractivity contribution in [1.82, 2.24) is 5.32 Å². The van der Waals surface area contributed by atoms with Crippen molar-refractivity contribution < 1.29 is 20.1 Å². The van der Waals surface area contributed by atoms with Gasteiger partial charge in [-0.1, -0.05) is 101 Å². The fourth-order valence-corrected chi connectivity index (χ4v) is 3.78. The molecule has 0 heterocycles. The Labute approximate surface area is 221 Å². The average Bonchev–Trinajstić information content (AvgIpc) is 2.86. The Kier molecular flexibility index (Phi) is 25.1. The third-order valence-electron chi connectivity index (χ3n) is 6.07. The molecule has 0 rings (SSSR count). The molecule has 1 amide bonds. The Morgan fingerprint density at radius 2 is 1.19 bits per heavy atom. The van der Waals surface area contributed by atoms with Crippen LogP contribution in [-0.4, -0.2) is 46.1 Å². The van der Waals surface area contributed by atoms with Crippen LogP contribution in [0, 0.1) is 0 Å². The molecule has 0 aromatic rings. The second kappa shape index (κ2) is 26.4. The van der Waals surface area contributed by atoms with Gasteiger partial charge in [-0.05, 0) is 57.8 Å². The first-order valence-corrected chi connectivity index (χ1v) is 14.4. The summed E-state index contributed by atoms with van der Waals surface area (Å²) < 4.78 is 0. The molecule has 4 N–H and O–H groups in total. The third-order valence-corrected chi connectivity index (χ3v) is 6.07. The Hall–Kier alpha value is -1.69. The predicted molar refractivity (Wildman–Crippen MR) is 153 cm³/mol. The number of carbonyl (C=O) groups is 1. The van der Waals surface area contributed by atoms with Crippen LogP contribution in [0.4, 0.5) is 0 Å². The van der Waals surface area contributed by atoms with Crippen molar-refractivity contribution in [1.29, 1.82) is 0 Å². The van der Waals surface area contributed by atoms with Gasteiger partial charge in [0.2, 0.25) is 5.91 Å². The molecule has 3 atom stereocenters. The largest absolute Gasteiger partial charge is 0.394 e.